The summed E-state index contributed by atoms with van der Waals surface area (Å²) in [6.07, 6.45) is 5.87. The van der Waals surface area contributed by atoms with E-state index in [4.69, 9.17) is 27.9 Å². The maximum Gasteiger partial charge on any atom is 0.339 e. The number of carboxylic acids is 1. The highest BCUT2D eigenvalue weighted by Gasteiger charge is 2.18. The van der Waals surface area contributed by atoms with Crippen molar-refractivity contribution in [2.75, 3.05) is 6.61 Å². The number of halogens is 2. The summed E-state index contributed by atoms with van der Waals surface area (Å²) in [4.78, 5) is 11.2. The van der Waals surface area contributed by atoms with Crippen molar-refractivity contribution in [2.24, 2.45) is 0 Å². The second-order valence-corrected chi connectivity index (χ2v) is 8.97. The van der Waals surface area contributed by atoms with E-state index in [2.05, 4.69) is 0 Å². The van der Waals surface area contributed by atoms with Gasteiger partial charge in [-0.15, -0.1) is 0 Å². The smallest absolute Gasteiger partial charge is 0.339 e. The molecule has 0 fully saturated rings. The van der Waals surface area contributed by atoms with Gasteiger partial charge in [-0.1, -0.05) is 61.5 Å². The third kappa shape index (κ3) is 5.62. The Hall–Kier alpha value is -2.83. The lowest BCUT2D eigenvalue weighted by Crippen LogP contribution is -2.04. The van der Waals surface area contributed by atoms with Gasteiger partial charge in [0.25, 0.3) is 0 Å². The normalized spacial score (nSPS) is 11.1. The molecule has 0 aliphatic heterocycles. The Morgan fingerprint density at radius 1 is 0.853 bits per heavy atom. The monoisotopic (exact) mass is 506 g/mol. The van der Waals surface area contributed by atoms with Gasteiger partial charge in [-0.05, 0) is 49.4 Å². The van der Waals surface area contributed by atoms with Crippen molar-refractivity contribution in [3.8, 4) is 23.0 Å². The molecule has 0 saturated heterocycles. The van der Waals surface area contributed by atoms with E-state index in [1.807, 2.05) is 19.1 Å². The lowest BCUT2D eigenvalue weighted by molar-refractivity contribution is 0.0693. The second kappa shape index (κ2) is 11.5. The van der Waals surface area contributed by atoms with Crippen LogP contribution in [0.4, 0.5) is 0 Å². The molecule has 0 heterocycles. The molecule has 0 unspecified atom stereocenters. The molecule has 0 saturated carbocycles. The molecule has 3 aromatic carbocycles. The van der Waals surface area contributed by atoms with E-state index in [9.17, 15) is 25.2 Å². The second-order valence-electron chi connectivity index (χ2n) is 8.21. The Balaban J connectivity index is 1.49. The molecular weight excluding hydrogens is 479 g/mol. The number of phenols is 3. The van der Waals surface area contributed by atoms with E-state index in [-0.39, 0.29) is 21.4 Å². The molecule has 0 radical (unpaired) electrons. The molecule has 8 heteroatoms. The standard InChI is InChI=1S/C26H28Cl2O6/c1-2-7-17-20(12-11-18(23(17)29)26(32)33)34-13-6-4-3-5-8-15-9-10-16-19(14-15)22(28)25(31)24(30)21(16)27/h9-12,14,29-31H,2-8,13H2,1H3,(H,32,33). The van der Waals surface area contributed by atoms with Crippen LogP contribution >= 0.6 is 23.2 Å². The van der Waals surface area contributed by atoms with Crippen LogP contribution in [0.2, 0.25) is 10.0 Å². The molecule has 34 heavy (non-hydrogen) atoms. The minimum Gasteiger partial charge on any atom is -0.507 e. The summed E-state index contributed by atoms with van der Waals surface area (Å²) in [5, 5.41) is 40.6. The minimum atomic E-state index is -1.16. The maximum atomic E-state index is 11.2. The molecule has 182 valence electrons. The van der Waals surface area contributed by atoms with Gasteiger partial charge in [-0.25, -0.2) is 4.79 Å². The van der Waals surface area contributed by atoms with Crippen LogP contribution in [0.15, 0.2) is 30.3 Å². The van der Waals surface area contributed by atoms with Crippen molar-refractivity contribution >= 4 is 39.9 Å². The first-order chi connectivity index (χ1) is 16.3. The summed E-state index contributed by atoms with van der Waals surface area (Å²) >= 11 is 12.3. The quantitative estimate of drug-likeness (QED) is 0.163. The van der Waals surface area contributed by atoms with Crippen LogP contribution in [0, 0.1) is 0 Å². The van der Waals surface area contributed by atoms with Gasteiger partial charge in [0.05, 0.1) is 16.7 Å². The van der Waals surface area contributed by atoms with E-state index < -0.39 is 17.5 Å². The van der Waals surface area contributed by atoms with E-state index in [0.717, 1.165) is 44.1 Å². The highest BCUT2D eigenvalue weighted by atomic mass is 35.5. The predicted molar refractivity (Wildman–Crippen MR) is 134 cm³/mol. The molecular formula is C26H28Cl2O6. The first-order valence-corrected chi connectivity index (χ1v) is 12.0. The number of benzene rings is 3. The summed E-state index contributed by atoms with van der Waals surface area (Å²) in [6, 6.07) is 8.60. The number of rotatable bonds is 11. The largest absolute Gasteiger partial charge is 0.507 e. The topological polar surface area (TPSA) is 107 Å². The molecule has 3 aromatic rings. The summed E-state index contributed by atoms with van der Waals surface area (Å²) in [6.45, 7) is 2.44. The van der Waals surface area contributed by atoms with Crippen molar-refractivity contribution < 1.29 is 30.0 Å². The fourth-order valence-electron chi connectivity index (χ4n) is 3.97. The summed E-state index contributed by atoms with van der Waals surface area (Å²) in [7, 11) is 0. The Morgan fingerprint density at radius 3 is 2.21 bits per heavy atom. The zero-order chi connectivity index (χ0) is 24.8. The number of carboxylic acid groups (broad SMARTS) is 1. The maximum absolute atomic E-state index is 11.2. The number of hydrogen-bond acceptors (Lipinski definition) is 5. The van der Waals surface area contributed by atoms with Crippen molar-refractivity contribution in [3.05, 3.63) is 57.1 Å². The van der Waals surface area contributed by atoms with E-state index in [1.165, 1.54) is 6.07 Å². The minimum absolute atomic E-state index is 0.0801. The molecule has 0 atom stereocenters. The Morgan fingerprint density at radius 2 is 1.53 bits per heavy atom. The molecule has 3 rings (SSSR count). The van der Waals surface area contributed by atoms with Crippen molar-refractivity contribution in [2.45, 2.75) is 51.9 Å². The molecule has 0 bridgehead atoms. The average molecular weight is 507 g/mol. The SMILES string of the molecule is CCCc1c(OCCCCCCc2ccc3c(Cl)c(O)c(O)c(Cl)c3c2)ccc(C(=O)O)c1O. The lowest BCUT2D eigenvalue weighted by atomic mass is 10.0. The van der Waals surface area contributed by atoms with Gasteiger partial charge >= 0.3 is 5.97 Å². The average Bonchev–Trinajstić information content (AvgIpc) is 2.82. The van der Waals surface area contributed by atoms with Crippen molar-refractivity contribution in [1.29, 1.82) is 0 Å². The molecule has 4 N–H and O–H groups in total. The van der Waals surface area contributed by atoms with E-state index in [0.29, 0.717) is 35.1 Å². The molecule has 0 aliphatic carbocycles. The van der Waals surface area contributed by atoms with Gasteiger partial charge in [0, 0.05) is 16.3 Å². The first-order valence-electron chi connectivity index (χ1n) is 11.3. The molecule has 6 nitrogen and oxygen atoms in total. The van der Waals surface area contributed by atoms with Crippen LogP contribution in [-0.4, -0.2) is 33.0 Å². The molecule has 0 amide bonds. The first kappa shape index (κ1) is 25.8. The van der Waals surface area contributed by atoms with Crippen molar-refractivity contribution in [1.82, 2.24) is 0 Å². The summed E-state index contributed by atoms with van der Waals surface area (Å²) in [5.41, 5.74) is 1.49. The zero-order valence-electron chi connectivity index (χ0n) is 18.9. The number of aromatic carboxylic acids is 1. The summed E-state index contributed by atoms with van der Waals surface area (Å²) in [5.74, 6) is -1.67. The number of hydrogen-bond donors (Lipinski definition) is 4. The number of phenolic OH excluding ortho intramolecular Hbond substituents is 2. The van der Waals surface area contributed by atoms with E-state index >= 15 is 0 Å². The van der Waals surface area contributed by atoms with Crippen LogP contribution in [-0.2, 0) is 12.8 Å². The highest BCUT2D eigenvalue weighted by Crippen LogP contribution is 2.46. The van der Waals surface area contributed by atoms with Crippen molar-refractivity contribution in [3.63, 3.8) is 0 Å². The molecule has 0 spiro atoms. The number of carbonyl (C=O) groups is 1. The predicted octanol–water partition coefficient (Wildman–Crippen LogP) is 7.10. The number of aryl methyl sites for hydroxylation is 1. The third-order valence-electron chi connectivity index (χ3n) is 5.78. The molecule has 0 aliphatic rings. The van der Waals surface area contributed by atoms with Gasteiger partial charge in [0.2, 0.25) is 0 Å². The summed E-state index contributed by atoms with van der Waals surface area (Å²) < 4.78 is 5.84. The Kier molecular flexibility index (Phi) is 8.75. The number of ether oxygens (including phenoxy) is 1. The van der Waals surface area contributed by atoms with E-state index in [1.54, 1.807) is 12.1 Å². The third-order valence-corrected chi connectivity index (χ3v) is 6.55. The fraction of sp³-hybridized carbons (Fsp3) is 0.346. The zero-order valence-corrected chi connectivity index (χ0v) is 20.4. The fourth-order valence-corrected chi connectivity index (χ4v) is 4.47. The Bertz CT molecular complexity index is 1190. The lowest BCUT2D eigenvalue weighted by Gasteiger charge is -2.14. The van der Waals surface area contributed by atoms with Crippen LogP contribution in [0.1, 0.15) is 60.5 Å². The number of fused-ring (bicyclic) bond motifs is 1. The van der Waals surface area contributed by atoms with Gasteiger partial charge in [-0.3, -0.25) is 0 Å². The van der Waals surface area contributed by atoms with Gasteiger partial charge in [-0.2, -0.15) is 0 Å². The number of aromatic hydroxyl groups is 3. The number of unbranched alkanes of at least 4 members (excludes halogenated alkanes) is 3. The van der Waals surface area contributed by atoms with Crippen LogP contribution in [0.3, 0.4) is 0 Å². The van der Waals surface area contributed by atoms with Gasteiger partial charge in [0.1, 0.15) is 17.1 Å². The van der Waals surface area contributed by atoms with Crippen LogP contribution < -0.4 is 4.74 Å². The van der Waals surface area contributed by atoms with Crippen LogP contribution in [0.5, 0.6) is 23.0 Å². The van der Waals surface area contributed by atoms with Gasteiger partial charge in [0.15, 0.2) is 11.5 Å². The highest BCUT2D eigenvalue weighted by molar-refractivity contribution is 6.42. The Labute approximate surface area is 208 Å². The molecule has 0 aromatic heterocycles. The van der Waals surface area contributed by atoms with Gasteiger partial charge < -0.3 is 25.2 Å². The van der Waals surface area contributed by atoms with Crippen LogP contribution in [0.25, 0.3) is 10.8 Å².